The highest BCUT2D eigenvalue weighted by molar-refractivity contribution is 4.55. The molecule has 86 valence electrons. The molecule has 0 aliphatic carbocycles. The van der Waals surface area contributed by atoms with E-state index in [-0.39, 0.29) is 6.10 Å². The Labute approximate surface area is 87.8 Å². The van der Waals surface area contributed by atoms with E-state index in [0.29, 0.717) is 5.92 Å². The van der Waals surface area contributed by atoms with Gasteiger partial charge in [0.2, 0.25) is 0 Å². The zero-order valence-electron chi connectivity index (χ0n) is 9.75. The Kier molecular flexibility index (Phi) is 9.35. The van der Waals surface area contributed by atoms with E-state index < -0.39 is 0 Å². The van der Waals surface area contributed by atoms with Crippen LogP contribution in [0.1, 0.15) is 33.6 Å². The summed E-state index contributed by atoms with van der Waals surface area (Å²) in [7, 11) is 0. The van der Waals surface area contributed by atoms with Gasteiger partial charge in [-0.05, 0) is 25.3 Å². The van der Waals surface area contributed by atoms with Gasteiger partial charge in [-0.3, -0.25) is 0 Å². The maximum absolute atomic E-state index is 9.26. The van der Waals surface area contributed by atoms with Crippen LogP contribution in [0.15, 0.2) is 0 Å². The topological polar surface area (TPSA) is 41.5 Å². The Bertz CT molecular complexity index is 118. The summed E-state index contributed by atoms with van der Waals surface area (Å²) in [4.78, 5) is 0. The Morgan fingerprint density at radius 3 is 2.57 bits per heavy atom. The first-order valence-corrected chi connectivity index (χ1v) is 5.63. The zero-order chi connectivity index (χ0) is 10.8. The van der Waals surface area contributed by atoms with E-state index in [9.17, 15) is 5.11 Å². The Hall–Kier alpha value is -0.120. The highest BCUT2D eigenvalue weighted by atomic mass is 16.5. The highest BCUT2D eigenvalue weighted by Gasteiger charge is 1.98. The van der Waals surface area contributed by atoms with Gasteiger partial charge in [0, 0.05) is 13.2 Å². The van der Waals surface area contributed by atoms with Crippen LogP contribution in [-0.4, -0.2) is 37.5 Å². The minimum absolute atomic E-state index is 0.154. The van der Waals surface area contributed by atoms with Crippen molar-refractivity contribution < 1.29 is 9.84 Å². The lowest BCUT2D eigenvalue weighted by atomic mass is 10.2. The normalized spacial score (nSPS) is 13.5. The number of aliphatic hydroxyl groups is 1. The van der Waals surface area contributed by atoms with Crippen molar-refractivity contribution in [2.75, 3.05) is 26.3 Å². The van der Waals surface area contributed by atoms with Crippen molar-refractivity contribution in [3.05, 3.63) is 0 Å². The fourth-order valence-corrected chi connectivity index (χ4v) is 1.06. The lowest BCUT2D eigenvalue weighted by Gasteiger charge is -2.09. The second-order valence-electron chi connectivity index (χ2n) is 4.07. The van der Waals surface area contributed by atoms with Gasteiger partial charge in [0.25, 0.3) is 0 Å². The van der Waals surface area contributed by atoms with E-state index in [2.05, 4.69) is 19.2 Å². The van der Waals surface area contributed by atoms with Crippen molar-refractivity contribution in [1.82, 2.24) is 5.32 Å². The molecule has 0 radical (unpaired) electrons. The first-order valence-electron chi connectivity index (χ1n) is 5.63. The van der Waals surface area contributed by atoms with Crippen LogP contribution in [0.3, 0.4) is 0 Å². The summed E-state index contributed by atoms with van der Waals surface area (Å²) >= 11 is 0. The molecule has 0 aromatic rings. The van der Waals surface area contributed by atoms with Gasteiger partial charge in [0.05, 0.1) is 12.7 Å². The number of nitrogens with one attached hydrogen (secondary N) is 1. The van der Waals surface area contributed by atoms with Crippen LogP contribution in [-0.2, 0) is 4.74 Å². The van der Waals surface area contributed by atoms with Gasteiger partial charge < -0.3 is 15.2 Å². The minimum Gasteiger partial charge on any atom is -0.393 e. The fourth-order valence-electron chi connectivity index (χ4n) is 1.06. The third kappa shape index (κ3) is 9.96. The summed E-state index contributed by atoms with van der Waals surface area (Å²) in [6.07, 6.45) is 1.52. The summed E-state index contributed by atoms with van der Waals surface area (Å²) in [5, 5.41) is 12.5. The van der Waals surface area contributed by atoms with Gasteiger partial charge in [-0.2, -0.15) is 0 Å². The fraction of sp³-hybridized carbons (Fsp3) is 1.00. The molecule has 3 nitrogen and oxygen atoms in total. The van der Waals surface area contributed by atoms with E-state index in [0.717, 1.165) is 39.1 Å². The summed E-state index contributed by atoms with van der Waals surface area (Å²) in [5.74, 6) is 0.608. The SMILES string of the molecule is CCC(O)CCNCCOCC(C)C. The molecule has 1 unspecified atom stereocenters. The van der Waals surface area contributed by atoms with Gasteiger partial charge in [0.15, 0.2) is 0 Å². The number of hydrogen-bond acceptors (Lipinski definition) is 3. The lowest BCUT2D eigenvalue weighted by molar-refractivity contribution is 0.110. The molecular formula is C11H25NO2. The van der Waals surface area contributed by atoms with Crippen LogP contribution in [0, 0.1) is 5.92 Å². The standard InChI is InChI=1S/C11H25NO2/c1-4-11(13)5-6-12-7-8-14-9-10(2)3/h10-13H,4-9H2,1-3H3. The summed E-state index contributed by atoms with van der Waals surface area (Å²) in [6, 6.07) is 0. The van der Waals surface area contributed by atoms with E-state index in [1.165, 1.54) is 0 Å². The molecule has 3 heteroatoms. The molecule has 0 spiro atoms. The first-order chi connectivity index (χ1) is 6.66. The summed E-state index contributed by atoms with van der Waals surface area (Å²) in [6.45, 7) is 9.63. The van der Waals surface area contributed by atoms with E-state index in [4.69, 9.17) is 4.74 Å². The molecule has 14 heavy (non-hydrogen) atoms. The van der Waals surface area contributed by atoms with Crippen LogP contribution in [0.5, 0.6) is 0 Å². The quantitative estimate of drug-likeness (QED) is 0.557. The zero-order valence-corrected chi connectivity index (χ0v) is 9.75. The Morgan fingerprint density at radius 1 is 1.29 bits per heavy atom. The van der Waals surface area contributed by atoms with Gasteiger partial charge >= 0.3 is 0 Å². The molecule has 0 aromatic heterocycles. The van der Waals surface area contributed by atoms with Gasteiger partial charge in [-0.25, -0.2) is 0 Å². The Morgan fingerprint density at radius 2 is 2.00 bits per heavy atom. The third-order valence-electron chi connectivity index (χ3n) is 2.00. The summed E-state index contributed by atoms with van der Waals surface area (Å²) in [5.41, 5.74) is 0. The number of hydrogen-bond donors (Lipinski definition) is 2. The molecule has 0 aromatic carbocycles. The molecule has 0 amide bonds. The van der Waals surface area contributed by atoms with Crippen LogP contribution < -0.4 is 5.32 Å². The predicted molar refractivity (Wildman–Crippen MR) is 59.4 cm³/mol. The van der Waals surface area contributed by atoms with Crippen molar-refractivity contribution in [2.45, 2.75) is 39.7 Å². The van der Waals surface area contributed by atoms with E-state index >= 15 is 0 Å². The second kappa shape index (κ2) is 9.44. The minimum atomic E-state index is -0.154. The molecule has 0 saturated heterocycles. The highest BCUT2D eigenvalue weighted by Crippen LogP contribution is 1.94. The number of aliphatic hydroxyl groups excluding tert-OH is 1. The lowest BCUT2D eigenvalue weighted by Crippen LogP contribution is -2.24. The van der Waals surface area contributed by atoms with Gasteiger partial charge in [0.1, 0.15) is 0 Å². The predicted octanol–water partition coefficient (Wildman–Crippen LogP) is 1.41. The van der Waals surface area contributed by atoms with Crippen LogP contribution in [0.25, 0.3) is 0 Å². The molecule has 0 aliphatic heterocycles. The molecule has 0 fully saturated rings. The van der Waals surface area contributed by atoms with Crippen molar-refractivity contribution in [2.24, 2.45) is 5.92 Å². The number of rotatable bonds is 9. The molecule has 0 aliphatic rings. The monoisotopic (exact) mass is 203 g/mol. The largest absolute Gasteiger partial charge is 0.393 e. The van der Waals surface area contributed by atoms with Crippen molar-refractivity contribution in [3.8, 4) is 0 Å². The third-order valence-corrected chi connectivity index (χ3v) is 2.00. The van der Waals surface area contributed by atoms with Crippen LogP contribution >= 0.6 is 0 Å². The molecule has 0 saturated carbocycles. The molecule has 0 heterocycles. The van der Waals surface area contributed by atoms with Crippen molar-refractivity contribution in [3.63, 3.8) is 0 Å². The van der Waals surface area contributed by atoms with Crippen molar-refractivity contribution >= 4 is 0 Å². The van der Waals surface area contributed by atoms with E-state index in [1.54, 1.807) is 0 Å². The average molecular weight is 203 g/mol. The maximum atomic E-state index is 9.26. The van der Waals surface area contributed by atoms with Gasteiger partial charge in [-0.15, -0.1) is 0 Å². The van der Waals surface area contributed by atoms with Crippen LogP contribution in [0.2, 0.25) is 0 Å². The average Bonchev–Trinajstić information content (AvgIpc) is 2.15. The molecular weight excluding hydrogens is 178 g/mol. The molecule has 0 bridgehead atoms. The first kappa shape index (κ1) is 13.9. The molecule has 0 rings (SSSR count). The Balaban J connectivity index is 2.99. The molecule has 2 N–H and O–H groups in total. The number of ether oxygens (including phenoxy) is 1. The van der Waals surface area contributed by atoms with Crippen LogP contribution in [0.4, 0.5) is 0 Å². The second-order valence-corrected chi connectivity index (χ2v) is 4.07. The van der Waals surface area contributed by atoms with Crippen molar-refractivity contribution in [1.29, 1.82) is 0 Å². The molecule has 1 atom stereocenters. The van der Waals surface area contributed by atoms with Gasteiger partial charge in [-0.1, -0.05) is 20.8 Å². The summed E-state index contributed by atoms with van der Waals surface area (Å²) < 4.78 is 5.40. The maximum Gasteiger partial charge on any atom is 0.0591 e. The smallest absolute Gasteiger partial charge is 0.0591 e. The van der Waals surface area contributed by atoms with E-state index in [1.807, 2.05) is 6.92 Å².